The molecule has 0 bridgehead atoms. The van der Waals surface area contributed by atoms with Gasteiger partial charge in [0.25, 0.3) is 0 Å². The maximum Gasteiger partial charge on any atom is 0.142 e. The maximum atomic E-state index is 4.57. The average Bonchev–Trinajstić information content (AvgIpc) is 3.08. The number of allylic oxidation sites excluding steroid dienone is 2. The monoisotopic (exact) mass is 731 g/mol. The first-order valence-corrected chi connectivity index (χ1v) is 20.9. The van der Waals surface area contributed by atoms with Crippen LogP contribution in [-0.4, -0.2) is 30.2 Å². The molecule has 3 aromatic carbocycles. The number of hydrogen-bond donors (Lipinski definition) is 2. The van der Waals surface area contributed by atoms with Crippen LogP contribution in [0.4, 0.5) is 17.1 Å². The van der Waals surface area contributed by atoms with Crippen molar-refractivity contribution >= 4 is 17.1 Å². The highest BCUT2D eigenvalue weighted by Gasteiger charge is 2.41. The van der Waals surface area contributed by atoms with Crippen LogP contribution < -0.4 is 20.4 Å². The minimum Gasteiger partial charge on any atom is -0.366 e. The van der Waals surface area contributed by atoms with Crippen molar-refractivity contribution in [2.24, 2.45) is 0 Å². The molecule has 54 heavy (non-hydrogen) atoms. The van der Waals surface area contributed by atoms with Crippen molar-refractivity contribution in [1.82, 2.24) is 5.32 Å². The van der Waals surface area contributed by atoms with Crippen LogP contribution in [0.3, 0.4) is 0 Å². The molecule has 0 saturated heterocycles. The summed E-state index contributed by atoms with van der Waals surface area (Å²) >= 11 is 0. The summed E-state index contributed by atoms with van der Waals surface area (Å²) in [6.45, 7) is 42.1. The number of para-hydroxylation sites is 1. The van der Waals surface area contributed by atoms with Gasteiger partial charge in [-0.1, -0.05) is 104 Å². The molecule has 0 saturated carbocycles. The van der Waals surface area contributed by atoms with Gasteiger partial charge in [-0.2, -0.15) is 0 Å². The molecular weight excluding hydrogens is 657 g/mol. The quantitative estimate of drug-likeness (QED) is 0.144. The van der Waals surface area contributed by atoms with Crippen LogP contribution in [0.2, 0.25) is 0 Å². The van der Waals surface area contributed by atoms with Crippen molar-refractivity contribution in [1.29, 1.82) is 0 Å². The fourth-order valence-electron chi connectivity index (χ4n) is 8.58. The molecular formula is C50H74N4. The van der Waals surface area contributed by atoms with Gasteiger partial charge in [-0.25, -0.2) is 0 Å². The van der Waals surface area contributed by atoms with Crippen molar-refractivity contribution in [3.63, 3.8) is 0 Å². The Balaban J connectivity index is 2.29. The Morgan fingerprint density at radius 2 is 0.907 bits per heavy atom. The van der Waals surface area contributed by atoms with Gasteiger partial charge in [0.1, 0.15) is 5.66 Å². The highest BCUT2D eigenvalue weighted by molar-refractivity contribution is 5.70. The van der Waals surface area contributed by atoms with Gasteiger partial charge in [-0.05, 0) is 154 Å². The van der Waals surface area contributed by atoms with Crippen LogP contribution >= 0.6 is 0 Å². The molecule has 4 nitrogen and oxygen atoms in total. The van der Waals surface area contributed by atoms with Gasteiger partial charge in [0.15, 0.2) is 0 Å². The second kappa shape index (κ2) is 17.8. The highest BCUT2D eigenvalue weighted by Crippen LogP contribution is 2.46. The third-order valence-corrected chi connectivity index (χ3v) is 11.0. The molecule has 0 fully saturated rings. The Morgan fingerprint density at radius 1 is 0.537 bits per heavy atom. The maximum absolute atomic E-state index is 4.57. The number of nitrogens with zero attached hydrogens (tertiary/aromatic N) is 2. The predicted molar refractivity (Wildman–Crippen MR) is 240 cm³/mol. The Bertz CT molecular complexity index is 1610. The fourth-order valence-corrected chi connectivity index (χ4v) is 8.58. The summed E-state index contributed by atoms with van der Waals surface area (Å²) in [5.74, 6) is 1.24. The number of nitrogens with one attached hydrogen (secondary N) is 2. The molecule has 0 radical (unpaired) electrons. The molecule has 294 valence electrons. The van der Waals surface area contributed by atoms with Crippen LogP contribution in [0.1, 0.15) is 168 Å². The van der Waals surface area contributed by atoms with Gasteiger partial charge in [-0.15, -0.1) is 0 Å². The van der Waals surface area contributed by atoms with Gasteiger partial charge in [0.2, 0.25) is 0 Å². The SMILES string of the molecule is C=C1C=CC=CC1NC(Nc1ccccc1)(c1cc(C(C)C)c(N(C(C)C)C(C)C)c(C(C)C)c1)c1cc(C(C)C)c(N(C(C)C)C(C)C)c(C(C)C)c1. The van der Waals surface area contributed by atoms with Crippen molar-refractivity contribution in [3.8, 4) is 0 Å². The molecule has 0 amide bonds. The van der Waals surface area contributed by atoms with Crippen LogP contribution in [0.15, 0.2) is 91.1 Å². The van der Waals surface area contributed by atoms with Gasteiger partial charge >= 0.3 is 0 Å². The van der Waals surface area contributed by atoms with E-state index >= 15 is 0 Å². The minimum atomic E-state index is -0.830. The van der Waals surface area contributed by atoms with Gasteiger partial charge in [0, 0.05) is 41.2 Å². The zero-order valence-electron chi connectivity index (χ0n) is 36.8. The normalized spacial score (nSPS) is 15.0. The van der Waals surface area contributed by atoms with Gasteiger partial charge < -0.3 is 15.1 Å². The Labute approximate surface area is 331 Å². The number of benzene rings is 3. The lowest BCUT2D eigenvalue weighted by atomic mass is 9.79. The zero-order chi connectivity index (χ0) is 40.2. The van der Waals surface area contributed by atoms with E-state index in [4.69, 9.17) is 0 Å². The van der Waals surface area contributed by atoms with E-state index in [0.29, 0.717) is 47.8 Å². The molecule has 0 heterocycles. The second-order valence-electron chi connectivity index (χ2n) is 18.0. The predicted octanol–water partition coefficient (Wildman–Crippen LogP) is 13.4. The van der Waals surface area contributed by atoms with E-state index in [1.54, 1.807) is 0 Å². The van der Waals surface area contributed by atoms with Crippen molar-refractivity contribution in [2.45, 2.75) is 170 Å². The first kappa shape index (κ1) is 43.0. The minimum absolute atomic E-state index is 0.0915. The summed E-state index contributed by atoms with van der Waals surface area (Å²) in [7, 11) is 0. The molecule has 0 aromatic heterocycles. The third kappa shape index (κ3) is 9.02. The molecule has 3 aromatic rings. The molecule has 0 spiro atoms. The summed E-state index contributed by atoms with van der Waals surface area (Å²) in [5, 5.41) is 8.49. The summed E-state index contributed by atoms with van der Waals surface area (Å²) < 4.78 is 0. The highest BCUT2D eigenvalue weighted by atomic mass is 15.2. The second-order valence-corrected chi connectivity index (χ2v) is 18.0. The summed E-state index contributed by atoms with van der Waals surface area (Å²) in [6, 6.07) is 22.2. The lowest BCUT2D eigenvalue weighted by molar-refractivity contribution is 0.435. The van der Waals surface area contributed by atoms with E-state index in [1.165, 1.54) is 44.8 Å². The first-order chi connectivity index (χ1) is 25.3. The Hall–Kier alpha value is -3.76. The largest absolute Gasteiger partial charge is 0.366 e. The van der Waals surface area contributed by atoms with E-state index in [2.05, 4.69) is 217 Å². The summed E-state index contributed by atoms with van der Waals surface area (Å²) in [4.78, 5) is 5.28. The lowest BCUT2D eigenvalue weighted by Crippen LogP contribution is -2.54. The summed E-state index contributed by atoms with van der Waals surface area (Å²) in [5.41, 5.74) is 12.0. The molecule has 1 unspecified atom stereocenters. The van der Waals surface area contributed by atoms with E-state index in [9.17, 15) is 0 Å². The van der Waals surface area contributed by atoms with Gasteiger partial charge in [-0.3, -0.25) is 5.32 Å². The van der Waals surface area contributed by atoms with E-state index in [-0.39, 0.29) is 6.04 Å². The van der Waals surface area contributed by atoms with Crippen molar-refractivity contribution in [3.05, 3.63) is 124 Å². The molecule has 1 aliphatic carbocycles. The first-order valence-electron chi connectivity index (χ1n) is 20.9. The molecule has 4 rings (SSSR count). The number of rotatable bonds is 16. The smallest absolute Gasteiger partial charge is 0.142 e. The van der Waals surface area contributed by atoms with Crippen LogP contribution in [0.5, 0.6) is 0 Å². The van der Waals surface area contributed by atoms with E-state index < -0.39 is 5.66 Å². The molecule has 1 aliphatic rings. The number of anilines is 3. The molecule has 2 N–H and O–H groups in total. The molecule has 4 heteroatoms. The standard InChI is InChI=1S/C50H74N4/c1-31(2)43-27-40(28-44(32(3)4)48(43)53(35(9)10)36(11)12)50(51-42-24-19-18-20-25-42,52-47-26-22-21-23-39(47)17)41-29-45(33(5)6)49(46(30-41)34(7)8)54(37(13)14)38(15)16/h18-38,47,51-52H,17H2,1-16H3. The van der Waals surface area contributed by atoms with Crippen LogP contribution in [0.25, 0.3) is 0 Å². The van der Waals surface area contributed by atoms with E-state index in [1.807, 2.05) is 0 Å². The zero-order valence-corrected chi connectivity index (χ0v) is 36.8. The van der Waals surface area contributed by atoms with Crippen LogP contribution in [-0.2, 0) is 5.66 Å². The van der Waals surface area contributed by atoms with Gasteiger partial charge in [0.05, 0.1) is 6.04 Å². The summed E-state index contributed by atoms with van der Waals surface area (Å²) in [6.07, 6.45) is 8.64. The Morgan fingerprint density at radius 3 is 1.22 bits per heavy atom. The average molecular weight is 731 g/mol. The lowest BCUT2D eigenvalue weighted by Gasteiger charge is -2.45. The fraction of sp³-hybridized carbons (Fsp3) is 0.520. The van der Waals surface area contributed by atoms with Crippen molar-refractivity contribution in [2.75, 3.05) is 15.1 Å². The Kier molecular flexibility index (Phi) is 14.2. The van der Waals surface area contributed by atoms with E-state index in [0.717, 1.165) is 11.3 Å². The topological polar surface area (TPSA) is 30.5 Å². The third-order valence-electron chi connectivity index (χ3n) is 11.0. The number of hydrogen-bond acceptors (Lipinski definition) is 4. The molecule has 1 atom stereocenters. The molecule has 0 aliphatic heterocycles. The van der Waals surface area contributed by atoms with Crippen molar-refractivity contribution < 1.29 is 0 Å². The van der Waals surface area contributed by atoms with Crippen LogP contribution in [0, 0.1) is 0 Å².